The minimum Gasteiger partial charge on any atom is -0.508 e. The quantitative estimate of drug-likeness (QED) is 0.674. The van der Waals surface area contributed by atoms with Crippen molar-refractivity contribution < 1.29 is 10.2 Å². The SMILES string of the molecule is C=C.Cc1ccccc1O.Oc1ccccc1. The van der Waals surface area contributed by atoms with Crippen LogP contribution in [-0.2, 0) is 0 Å². The van der Waals surface area contributed by atoms with Crippen molar-refractivity contribution >= 4 is 0 Å². The molecule has 0 radical (unpaired) electrons. The number of rotatable bonds is 0. The van der Waals surface area contributed by atoms with Crippen molar-refractivity contribution in [1.29, 1.82) is 0 Å². The summed E-state index contributed by atoms with van der Waals surface area (Å²) in [5, 5.41) is 17.6. The van der Waals surface area contributed by atoms with Gasteiger partial charge in [0.25, 0.3) is 0 Å². The first kappa shape index (κ1) is 14.8. The first-order valence-electron chi connectivity index (χ1n) is 5.19. The Hall–Kier alpha value is -2.22. The normalized spacial score (nSPS) is 8.06. The Labute approximate surface area is 102 Å². The van der Waals surface area contributed by atoms with E-state index in [9.17, 15) is 0 Å². The summed E-state index contributed by atoms with van der Waals surface area (Å²) in [7, 11) is 0. The van der Waals surface area contributed by atoms with Crippen LogP contribution in [0, 0.1) is 6.92 Å². The van der Waals surface area contributed by atoms with Crippen LogP contribution in [0.3, 0.4) is 0 Å². The number of benzene rings is 2. The highest BCUT2D eigenvalue weighted by Crippen LogP contribution is 2.12. The molecule has 0 fully saturated rings. The second kappa shape index (κ2) is 9.04. The topological polar surface area (TPSA) is 40.5 Å². The average Bonchev–Trinajstić information content (AvgIpc) is 2.37. The maximum atomic E-state index is 8.92. The summed E-state index contributed by atoms with van der Waals surface area (Å²) in [5.74, 6) is 0.690. The summed E-state index contributed by atoms with van der Waals surface area (Å²) in [6.45, 7) is 7.87. The number of aromatic hydroxyl groups is 2. The lowest BCUT2D eigenvalue weighted by molar-refractivity contribution is 0.471. The van der Waals surface area contributed by atoms with E-state index in [1.54, 1.807) is 30.3 Å². The van der Waals surface area contributed by atoms with Gasteiger partial charge in [-0.1, -0.05) is 36.4 Å². The predicted octanol–water partition coefficient (Wildman–Crippen LogP) is 3.90. The molecule has 0 saturated heterocycles. The van der Waals surface area contributed by atoms with Crippen LogP contribution in [0.15, 0.2) is 67.8 Å². The molecule has 2 heteroatoms. The third-order valence-corrected chi connectivity index (χ3v) is 1.87. The third-order valence-electron chi connectivity index (χ3n) is 1.87. The fourth-order valence-electron chi connectivity index (χ4n) is 0.991. The minimum atomic E-state index is 0.322. The molecule has 0 saturated carbocycles. The Balaban J connectivity index is 0.000000265. The lowest BCUT2D eigenvalue weighted by Gasteiger charge is -1.92. The Bertz CT molecular complexity index is 389. The van der Waals surface area contributed by atoms with Crippen LogP contribution < -0.4 is 0 Å². The van der Waals surface area contributed by atoms with Crippen LogP contribution >= 0.6 is 0 Å². The van der Waals surface area contributed by atoms with Gasteiger partial charge >= 0.3 is 0 Å². The summed E-state index contributed by atoms with van der Waals surface area (Å²) in [6.07, 6.45) is 0. The summed E-state index contributed by atoms with van der Waals surface area (Å²) < 4.78 is 0. The highest BCUT2D eigenvalue weighted by molar-refractivity contribution is 5.29. The second-order valence-corrected chi connectivity index (χ2v) is 3.12. The zero-order chi connectivity index (χ0) is 13.1. The van der Waals surface area contributed by atoms with Gasteiger partial charge < -0.3 is 10.2 Å². The maximum Gasteiger partial charge on any atom is 0.118 e. The molecular weight excluding hydrogens is 212 g/mol. The molecule has 0 aliphatic heterocycles. The molecule has 0 bridgehead atoms. The second-order valence-electron chi connectivity index (χ2n) is 3.12. The van der Waals surface area contributed by atoms with E-state index in [1.165, 1.54) is 0 Å². The Morgan fingerprint density at radius 2 is 1.24 bits per heavy atom. The molecule has 0 aliphatic rings. The number of phenolic OH excluding ortho intramolecular Hbond substituents is 2. The van der Waals surface area contributed by atoms with Gasteiger partial charge in [-0.15, -0.1) is 13.2 Å². The van der Waals surface area contributed by atoms with Crippen LogP contribution in [0.5, 0.6) is 11.5 Å². The number of hydrogen-bond acceptors (Lipinski definition) is 2. The summed E-state index contributed by atoms with van der Waals surface area (Å²) in [6, 6.07) is 16.0. The van der Waals surface area contributed by atoms with E-state index < -0.39 is 0 Å². The third kappa shape index (κ3) is 6.79. The van der Waals surface area contributed by atoms with Gasteiger partial charge in [0.15, 0.2) is 0 Å². The van der Waals surface area contributed by atoms with E-state index in [1.807, 2.05) is 31.2 Å². The minimum absolute atomic E-state index is 0.322. The fraction of sp³-hybridized carbons (Fsp3) is 0.0667. The molecule has 17 heavy (non-hydrogen) atoms. The van der Waals surface area contributed by atoms with Crippen molar-refractivity contribution in [3.63, 3.8) is 0 Å². The molecule has 0 aromatic heterocycles. The van der Waals surface area contributed by atoms with Gasteiger partial charge in [-0.05, 0) is 30.7 Å². The molecule has 0 atom stereocenters. The lowest BCUT2D eigenvalue weighted by Crippen LogP contribution is -1.68. The van der Waals surface area contributed by atoms with Crippen LogP contribution in [0.25, 0.3) is 0 Å². The van der Waals surface area contributed by atoms with Gasteiger partial charge in [-0.2, -0.15) is 0 Å². The summed E-state index contributed by atoms with van der Waals surface area (Å²) in [4.78, 5) is 0. The molecule has 0 aliphatic carbocycles. The molecule has 0 amide bonds. The Morgan fingerprint density at radius 1 is 0.765 bits per heavy atom. The molecule has 0 unspecified atom stereocenters. The van der Waals surface area contributed by atoms with Crippen LogP contribution in [0.4, 0.5) is 0 Å². The maximum absolute atomic E-state index is 8.92. The van der Waals surface area contributed by atoms with Gasteiger partial charge in [-0.3, -0.25) is 0 Å². The monoisotopic (exact) mass is 230 g/mol. The van der Waals surface area contributed by atoms with E-state index >= 15 is 0 Å². The highest BCUT2D eigenvalue weighted by Gasteiger charge is 1.87. The first-order chi connectivity index (χ1) is 8.20. The van der Waals surface area contributed by atoms with Gasteiger partial charge in [0, 0.05) is 0 Å². The van der Waals surface area contributed by atoms with Gasteiger partial charge in [-0.25, -0.2) is 0 Å². The molecule has 2 aromatic rings. The van der Waals surface area contributed by atoms with E-state index in [0.717, 1.165) is 5.56 Å². The van der Waals surface area contributed by atoms with E-state index in [2.05, 4.69) is 13.2 Å². The number of aryl methyl sites for hydroxylation is 1. The van der Waals surface area contributed by atoms with Crippen molar-refractivity contribution in [2.24, 2.45) is 0 Å². The van der Waals surface area contributed by atoms with Crippen molar-refractivity contribution in [2.75, 3.05) is 0 Å². The molecule has 90 valence electrons. The number of hydrogen-bond donors (Lipinski definition) is 2. The number of para-hydroxylation sites is 2. The van der Waals surface area contributed by atoms with E-state index in [-0.39, 0.29) is 0 Å². The zero-order valence-corrected chi connectivity index (χ0v) is 10.0. The molecule has 2 rings (SSSR count). The number of phenols is 2. The van der Waals surface area contributed by atoms with Crippen LogP contribution in [0.2, 0.25) is 0 Å². The molecular formula is C15H18O2. The molecule has 0 spiro atoms. The van der Waals surface area contributed by atoms with Crippen molar-refractivity contribution in [3.8, 4) is 11.5 Å². The Kier molecular flexibility index (Phi) is 7.86. The molecule has 2 aromatic carbocycles. The molecule has 0 heterocycles. The Morgan fingerprint density at radius 3 is 1.53 bits per heavy atom. The fourth-order valence-corrected chi connectivity index (χ4v) is 0.991. The highest BCUT2D eigenvalue weighted by atomic mass is 16.3. The largest absolute Gasteiger partial charge is 0.508 e. The molecule has 2 N–H and O–H groups in total. The van der Waals surface area contributed by atoms with Gasteiger partial charge in [0.05, 0.1) is 0 Å². The van der Waals surface area contributed by atoms with Crippen LogP contribution in [0.1, 0.15) is 5.56 Å². The van der Waals surface area contributed by atoms with Crippen molar-refractivity contribution in [1.82, 2.24) is 0 Å². The first-order valence-corrected chi connectivity index (χ1v) is 5.19. The average molecular weight is 230 g/mol. The standard InChI is InChI=1S/C7H8O.C6H6O.C2H4/c1-6-4-2-3-5-7(6)8;7-6-4-2-1-3-5-6;1-2/h2-5,8H,1H3;1-5,7H;1-2H2. The lowest BCUT2D eigenvalue weighted by atomic mass is 10.2. The molecule has 2 nitrogen and oxygen atoms in total. The smallest absolute Gasteiger partial charge is 0.118 e. The van der Waals surface area contributed by atoms with Crippen molar-refractivity contribution in [2.45, 2.75) is 6.92 Å². The van der Waals surface area contributed by atoms with Crippen LogP contribution in [-0.4, -0.2) is 10.2 Å². The summed E-state index contributed by atoms with van der Waals surface area (Å²) in [5.41, 5.74) is 0.924. The van der Waals surface area contributed by atoms with Gasteiger partial charge in [0.2, 0.25) is 0 Å². The zero-order valence-electron chi connectivity index (χ0n) is 10.0. The summed E-state index contributed by atoms with van der Waals surface area (Å²) >= 11 is 0. The van der Waals surface area contributed by atoms with E-state index in [4.69, 9.17) is 10.2 Å². The van der Waals surface area contributed by atoms with E-state index in [0.29, 0.717) is 11.5 Å². The van der Waals surface area contributed by atoms with Crippen molar-refractivity contribution in [3.05, 3.63) is 73.3 Å². The predicted molar refractivity (Wildman–Crippen MR) is 72.2 cm³/mol. The van der Waals surface area contributed by atoms with Gasteiger partial charge in [0.1, 0.15) is 11.5 Å².